The molecule has 1 amide bonds. The van der Waals surface area contributed by atoms with Crippen LogP contribution >= 0.6 is 0 Å². The fourth-order valence-electron chi connectivity index (χ4n) is 3.10. The number of carbonyl (C=O) groups excluding carboxylic acids is 2. The standard InChI is InChI=1S/C20H27N3O3/c1-15(19(25)26-3)11-23(12-16-7-5-4-6-8-16)13-18(24)22-20(2,14-21)17-9-10-17/h4-8,15,17H,9-13H2,1-3H3,(H,22,24)/t15-,20-/m1/s1. The zero-order valence-corrected chi connectivity index (χ0v) is 15.7. The molecule has 0 radical (unpaired) electrons. The molecular formula is C20H27N3O3. The topological polar surface area (TPSA) is 82.4 Å². The van der Waals surface area contributed by atoms with Gasteiger partial charge in [0, 0.05) is 13.1 Å². The van der Waals surface area contributed by atoms with E-state index in [9.17, 15) is 14.9 Å². The van der Waals surface area contributed by atoms with Gasteiger partial charge in [0.15, 0.2) is 0 Å². The average molecular weight is 357 g/mol. The van der Waals surface area contributed by atoms with Crippen molar-refractivity contribution in [3.8, 4) is 6.07 Å². The predicted molar refractivity (Wildman–Crippen MR) is 97.8 cm³/mol. The minimum absolute atomic E-state index is 0.125. The van der Waals surface area contributed by atoms with Crippen molar-refractivity contribution in [3.05, 3.63) is 35.9 Å². The van der Waals surface area contributed by atoms with Crippen LogP contribution in [0.2, 0.25) is 0 Å². The number of ether oxygens (including phenoxy) is 1. The lowest BCUT2D eigenvalue weighted by Crippen LogP contribution is -2.50. The zero-order valence-electron chi connectivity index (χ0n) is 15.7. The number of esters is 1. The Bertz CT molecular complexity index is 667. The van der Waals surface area contributed by atoms with Gasteiger partial charge in [0.25, 0.3) is 0 Å². The first-order chi connectivity index (χ1) is 12.4. The summed E-state index contributed by atoms with van der Waals surface area (Å²) in [5.41, 5.74) is 0.242. The maximum absolute atomic E-state index is 12.6. The summed E-state index contributed by atoms with van der Waals surface area (Å²) in [5.74, 6) is -0.618. The summed E-state index contributed by atoms with van der Waals surface area (Å²) < 4.78 is 4.80. The van der Waals surface area contributed by atoms with Crippen LogP contribution in [0, 0.1) is 23.2 Å². The average Bonchev–Trinajstić information content (AvgIpc) is 3.47. The van der Waals surface area contributed by atoms with Gasteiger partial charge < -0.3 is 10.1 Å². The fraction of sp³-hybridized carbons (Fsp3) is 0.550. The van der Waals surface area contributed by atoms with Gasteiger partial charge in [0.2, 0.25) is 5.91 Å². The van der Waals surface area contributed by atoms with Gasteiger partial charge in [-0.05, 0) is 31.2 Å². The lowest BCUT2D eigenvalue weighted by Gasteiger charge is -2.27. The maximum Gasteiger partial charge on any atom is 0.309 e. The van der Waals surface area contributed by atoms with Crippen molar-refractivity contribution >= 4 is 11.9 Å². The van der Waals surface area contributed by atoms with E-state index in [1.807, 2.05) is 35.2 Å². The Morgan fingerprint density at radius 2 is 2.04 bits per heavy atom. The summed E-state index contributed by atoms with van der Waals surface area (Å²) in [6.07, 6.45) is 1.94. The summed E-state index contributed by atoms with van der Waals surface area (Å²) in [6, 6.07) is 12.0. The number of benzene rings is 1. The maximum atomic E-state index is 12.6. The van der Waals surface area contributed by atoms with E-state index in [0.717, 1.165) is 18.4 Å². The molecule has 1 aromatic rings. The van der Waals surface area contributed by atoms with Crippen LogP contribution in [0.4, 0.5) is 0 Å². The van der Waals surface area contributed by atoms with Crippen molar-refractivity contribution in [2.24, 2.45) is 11.8 Å². The molecule has 1 fully saturated rings. The Hall–Kier alpha value is -2.39. The van der Waals surface area contributed by atoms with Crippen LogP contribution in [0.1, 0.15) is 32.3 Å². The third-order valence-electron chi connectivity index (χ3n) is 4.78. The summed E-state index contributed by atoms with van der Waals surface area (Å²) in [6.45, 7) is 4.64. The van der Waals surface area contributed by atoms with Gasteiger partial charge in [-0.15, -0.1) is 0 Å². The van der Waals surface area contributed by atoms with E-state index in [-0.39, 0.29) is 30.3 Å². The van der Waals surface area contributed by atoms with Gasteiger partial charge in [-0.25, -0.2) is 0 Å². The van der Waals surface area contributed by atoms with Gasteiger partial charge in [-0.3, -0.25) is 14.5 Å². The van der Waals surface area contributed by atoms with Crippen LogP contribution in [-0.4, -0.2) is 42.5 Å². The number of rotatable bonds is 9. The second kappa shape index (κ2) is 8.81. The first-order valence-electron chi connectivity index (χ1n) is 8.94. The van der Waals surface area contributed by atoms with Crippen molar-refractivity contribution in [2.75, 3.05) is 20.2 Å². The molecule has 0 aliphatic heterocycles. The van der Waals surface area contributed by atoms with Gasteiger partial charge in [0.05, 0.1) is 25.6 Å². The monoisotopic (exact) mass is 357 g/mol. The molecule has 2 rings (SSSR count). The predicted octanol–water partition coefficient (Wildman–Crippen LogP) is 2.11. The zero-order chi connectivity index (χ0) is 19.2. The SMILES string of the molecule is COC(=O)[C@H](C)CN(CC(=O)N[C@](C)(C#N)C1CC1)Cc1ccccc1. The molecule has 6 heteroatoms. The molecule has 0 heterocycles. The number of nitrogens with zero attached hydrogens (tertiary/aromatic N) is 2. The van der Waals surface area contributed by atoms with Crippen LogP contribution < -0.4 is 5.32 Å². The van der Waals surface area contributed by atoms with E-state index in [1.54, 1.807) is 13.8 Å². The largest absolute Gasteiger partial charge is 0.469 e. The molecule has 1 aliphatic carbocycles. The van der Waals surface area contributed by atoms with Crippen molar-refractivity contribution in [2.45, 2.75) is 38.8 Å². The Balaban J connectivity index is 2.03. The lowest BCUT2D eigenvalue weighted by atomic mass is 9.98. The molecule has 2 atom stereocenters. The Morgan fingerprint density at radius 1 is 1.38 bits per heavy atom. The van der Waals surface area contributed by atoms with Crippen molar-refractivity contribution < 1.29 is 14.3 Å². The lowest BCUT2D eigenvalue weighted by molar-refractivity contribution is -0.146. The number of methoxy groups -OCH3 is 1. The van der Waals surface area contributed by atoms with Crippen molar-refractivity contribution in [1.82, 2.24) is 10.2 Å². The van der Waals surface area contributed by atoms with E-state index in [2.05, 4.69) is 11.4 Å². The second-order valence-corrected chi connectivity index (χ2v) is 7.22. The summed E-state index contributed by atoms with van der Waals surface area (Å²) in [4.78, 5) is 26.2. The molecule has 6 nitrogen and oxygen atoms in total. The van der Waals surface area contributed by atoms with E-state index in [0.29, 0.717) is 13.1 Å². The van der Waals surface area contributed by atoms with Gasteiger partial charge in [-0.1, -0.05) is 37.3 Å². The van der Waals surface area contributed by atoms with Crippen LogP contribution in [0.5, 0.6) is 0 Å². The van der Waals surface area contributed by atoms with Gasteiger partial charge >= 0.3 is 5.97 Å². The third-order valence-corrected chi connectivity index (χ3v) is 4.78. The molecule has 0 saturated heterocycles. The highest BCUT2D eigenvalue weighted by Crippen LogP contribution is 2.39. The highest BCUT2D eigenvalue weighted by molar-refractivity contribution is 5.79. The number of nitriles is 1. The fourth-order valence-corrected chi connectivity index (χ4v) is 3.10. The third kappa shape index (κ3) is 5.57. The highest BCUT2D eigenvalue weighted by Gasteiger charge is 2.43. The van der Waals surface area contributed by atoms with Gasteiger partial charge in [-0.2, -0.15) is 5.26 Å². The van der Waals surface area contributed by atoms with Crippen LogP contribution in [0.25, 0.3) is 0 Å². The molecule has 0 unspecified atom stereocenters. The first-order valence-corrected chi connectivity index (χ1v) is 8.94. The quantitative estimate of drug-likeness (QED) is 0.685. The first kappa shape index (κ1) is 19.9. The molecule has 1 N–H and O–H groups in total. The number of amides is 1. The summed E-state index contributed by atoms with van der Waals surface area (Å²) >= 11 is 0. The Labute approximate surface area is 155 Å². The molecule has 0 bridgehead atoms. The Kier molecular flexibility index (Phi) is 6.76. The van der Waals surface area contributed by atoms with Crippen LogP contribution in [-0.2, 0) is 20.9 Å². The molecular weight excluding hydrogens is 330 g/mol. The molecule has 1 aromatic carbocycles. The van der Waals surface area contributed by atoms with Crippen LogP contribution in [0.3, 0.4) is 0 Å². The highest BCUT2D eigenvalue weighted by atomic mass is 16.5. The normalized spacial score (nSPS) is 17.0. The number of hydrogen-bond donors (Lipinski definition) is 1. The van der Waals surface area contributed by atoms with E-state index >= 15 is 0 Å². The van der Waals surface area contributed by atoms with E-state index in [4.69, 9.17) is 4.74 Å². The van der Waals surface area contributed by atoms with Crippen molar-refractivity contribution in [1.29, 1.82) is 5.26 Å². The summed E-state index contributed by atoms with van der Waals surface area (Å²) in [7, 11) is 1.36. The molecule has 0 aromatic heterocycles. The molecule has 140 valence electrons. The van der Waals surface area contributed by atoms with Crippen LogP contribution in [0.15, 0.2) is 30.3 Å². The Morgan fingerprint density at radius 3 is 2.58 bits per heavy atom. The van der Waals surface area contributed by atoms with E-state index < -0.39 is 5.54 Å². The number of carbonyl (C=O) groups is 2. The molecule has 1 saturated carbocycles. The molecule has 1 aliphatic rings. The second-order valence-electron chi connectivity index (χ2n) is 7.22. The number of nitrogens with one attached hydrogen (secondary N) is 1. The van der Waals surface area contributed by atoms with Crippen molar-refractivity contribution in [3.63, 3.8) is 0 Å². The minimum Gasteiger partial charge on any atom is -0.469 e. The number of hydrogen-bond acceptors (Lipinski definition) is 5. The minimum atomic E-state index is -0.816. The molecule has 26 heavy (non-hydrogen) atoms. The molecule has 0 spiro atoms. The summed E-state index contributed by atoms with van der Waals surface area (Å²) in [5, 5.41) is 12.3. The van der Waals surface area contributed by atoms with Gasteiger partial charge in [0.1, 0.15) is 5.54 Å². The smallest absolute Gasteiger partial charge is 0.309 e. The van der Waals surface area contributed by atoms with E-state index in [1.165, 1.54) is 7.11 Å².